The number of thiophene rings is 1. The molecule has 0 saturated carbocycles. The van der Waals surface area contributed by atoms with E-state index >= 15 is 0 Å². The van der Waals surface area contributed by atoms with Crippen molar-refractivity contribution in [2.24, 2.45) is 0 Å². The minimum Gasteiger partial charge on any atom is -0.483 e. The highest BCUT2D eigenvalue weighted by Gasteiger charge is 2.17. The summed E-state index contributed by atoms with van der Waals surface area (Å²) in [4.78, 5) is 15.9. The Labute approximate surface area is 199 Å². The fraction of sp³-hybridized carbons (Fsp3) is 0.346. The molecule has 1 aliphatic heterocycles. The maximum atomic E-state index is 12.5. The molecule has 0 fully saturated rings. The third-order valence-electron chi connectivity index (χ3n) is 5.76. The highest BCUT2D eigenvalue weighted by Crippen LogP contribution is 2.37. The first-order valence-electron chi connectivity index (χ1n) is 11.3. The van der Waals surface area contributed by atoms with Crippen LogP contribution in [0.15, 0.2) is 53.9 Å². The standard InChI is InChI=1S/C26H30N2O4S/c1-4-28(5-2)15-21-13-19(20-9-11-23-24(14-20)32-17-31-23)8-10-22(21)30-16-26(29)27-18(3)25-7-6-12-33-25/h6-14,18H,4-5,15-17H2,1-3H3,(H,27,29)/t18-/m0/s1. The molecule has 0 bridgehead atoms. The molecule has 3 aromatic rings. The van der Waals surface area contributed by atoms with Crippen molar-refractivity contribution < 1.29 is 19.0 Å². The maximum absolute atomic E-state index is 12.5. The van der Waals surface area contributed by atoms with Crippen molar-refractivity contribution in [3.05, 3.63) is 64.4 Å². The largest absolute Gasteiger partial charge is 0.483 e. The zero-order chi connectivity index (χ0) is 23.2. The highest BCUT2D eigenvalue weighted by molar-refractivity contribution is 7.10. The minimum absolute atomic E-state index is 0.0235. The minimum atomic E-state index is -0.135. The van der Waals surface area contributed by atoms with Crippen LogP contribution >= 0.6 is 11.3 Å². The molecule has 0 unspecified atom stereocenters. The number of ether oxygens (including phenoxy) is 3. The van der Waals surface area contributed by atoms with Crippen LogP contribution in [0.25, 0.3) is 11.1 Å². The van der Waals surface area contributed by atoms with Crippen LogP contribution in [0.5, 0.6) is 17.2 Å². The van der Waals surface area contributed by atoms with Gasteiger partial charge >= 0.3 is 0 Å². The number of fused-ring (bicyclic) bond motifs is 1. The van der Waals surface area contributed by atoms with Crippen molar-refractivity contribution >= 4 is 17.2 Å². The second-order valence-electron chi connectivity index (χ2n) is 7.95. The van der Waals surface area contributed by atoms with Gasteiger partial charge in [0.2, 0.25) is 6.79 Å². The molecule has 4 rings (SSSR count). The summed E-state index contributed by atoms with van der Waals surface area (Å²) in [6.07, 6.45) is 0. The molecule has 0 spiro atoms. The van der Waals surface area contributed by atoms with Crippen molar-refractivity contribution in [3.8, 4) is 28.4 Å². The molecule has 1 N–H and O–H groups in total. The van der Waals surface area contributed by atoms with Crippen LogP contribution in [0, 0.1) is 0 Å². The van der Waals surface area contributed by atoms with E-state index in [-0.39, 0.29) is 25.3 Å². The predicted octanol–water partition coefficient (Wildman–Crippen LogP) is 5.24. The van der Waals surface area contributed by atoms with Crippen molar-refractivity contribution in [2.45, 2.75) is 33.4 Å². The molecular formula is C26H30N2O4S. The SMILES string of the molecule is CCN(CC)Cc1cc(-c2ccc3c(c2)OCO3)ccc1OCC(=O)N[C@@H](C)c1cccs1. The predicted molar refractivity (Wildman–Crippen MR) is 131 cm³/mol. The number of nitrogens with zero attached hydrogens (tertiary/aromatic N) is 1. The summed E-state index contributed by atoms with van der Waals surface area (Å²) in [6.45, 7) is 9.11. The molecule has 0 radical (unpaired) electrons. The Hall–Kier alpha value is -3.03. The summed E-state index contributed by atoms with van der Waals surface area (Å²) >= 11 is 1.63. The van der Waals surface area contributed by atoms with E-state index in [1.54, 1.807) is 11.3 Å². The zero-order valence-corrected chi connectivity index (χ0v) is 20.1. The number of hydrogen-bond donors (Lipinski definition) is 1. The summed E-state index contributed by atoms with van der Waals surface area (Å²) in [5.74, 6) is 2.12. The average molecular weight is 467 g/mol. The van der Waals surface area contributed by atoms with Crippen molar-refractivity contribution in [3.63, 3.8) is 0 Å². The molecule has 0 saturated heterocycles. The molecule has 6 nitrogen and oxygen atoms in total. The lowest BCUT2D eigenvalue weighted by Gasteiger charge is -2.21. The lowest BCUT2D eigenvalue weighted by atomic mass is 10.0. The molecule has 2 heterocycles. The van der Waals surface area contributed by atoms with Gasteiger partial charge in [0, 0.05) is 17.0 Å². The van der Waals surface area contributed by atoms with Gasteiger partial charge < -0.3 is 19.5 Å². The van der Waals surface area contributed by atoms with Crippen molar-refractivity contribution in [2.75, 3.05) is 26.5 Å². The Morgan fingerprint density at radius 3 is 2.61 bits per heavy atom. The van der Waals surface area contributed by atoms with Crippen LogP contribution in [0.4, 0.5) is 0 Å². The summed E-state index contributed by atoms with van der Waals surface area (Å²) in [5.41, 5.74) is 3.17. The molecule has 2 aromatic carbocycles. The first-order valence-corrected chi connectivity index (χ1v) is 12.2. The second-order valence-corrected chi connectivity index (χ2v) is 8.92. The lowest BCUT2D eigenvalue weighted by molar-refractivity contribution is -0.123. The number of carbonyl (C=O) groups is 1. The van der Waals surface area contributed by atoms with Gasteiger partial charge in [-0.25, -0.2) is 0 Å². The van der Waals surface area contributed by atoms with Crippen LogP contribution < -0.4 is 19.5 Å². The first-order chi connectivity index (χ1) is 16.1. The van der Waals surface area contributed by atoms with E-state index < -0.39 is 0 Å². The van der Waals surface area contributed by atoms with Crippen LogP contribution in [-0.2, 0) is 11.3 Å². The number of rotatable bonds is 10. The van der Waals surface area contributed by atoms with E-state index in [2.05, 4.69) is 30.1 Å². The lowest BCUT2D eigenvalue weighted by Crippen LogP contribution is -2.31. The fourth-order valence-electron chi connectivity index (χ4n) is 3.82. The first kappa shape index (κ1) is 23.1. The topological polar surface area (TPSA) is 60.0 Å². The van der Waals surface area contributed by atoms with Crippen molar-refractivity contribution in [1.29, 1.82) is 0 Å². The number of nitrogens with one attached hydrogen (secondary N) is 1. The van der Waals surface area contributed by atoms with Gasteiger partial charge in [0.15, 0.2) is 18.1 Å². The van der Waals surface area contributed by atoms with Gasteiger partial charge in [-0.15, -0.1) is 11.3 Å². The summed E-state index contributed by atoms with van der Waals surface area (Å²) in [7, 11) is 0. The molecule has 1 atom stereocenters. The van der Waals surface area contributed by atoms with Gasteiger partial charge in [0.25, 0.3) is 5.91 Å². The molecule has 7 heteroatoms. The number of amides is 1. The van der Waals surface area contributed by atoms with E-state index in [1.807, 2.05) is 54.8 Å². The van der Waals surface area contributed by atoms with E-state index in [0.717, 1.165) is 58.5 Å². The maximum Gasteiger partial charge on any atom is 0.258 e. The van der Waals surface area contributed by atoms with Gasteiger partial charge in [0.05, 0.1) is 6.04 Å². The number of hydrogen-bond acceptors (Lipinski definition) is 6. The smallest absolute Gasteiger partial charge is 0.258 e. The Bertz CT molecular complexity index is 1080. The van der Waals surface area contributed by atoms with Crippen molar-refractivity contribution in [1.82, 2.24) is 10.2 Å². The van der Waals surface area contributed by atoms with E-state index in [4.69, 9.17) is 14.2 Å². The third-order valence-corrected chi connectivity index (χ3v) is 6.82. The third kappa shape index (κ3) is 5.67. The Morgan fingerprint density at radius 1 is 1.09 bits per heavy atom. The van der Waals surface area contributed by atoms with E-state index in [9.17, 15) is 4.79 Å². The van der Waals surface area contributed by atoms with Gasteiger partial charge in [-0.1, -0.05) is 32.0 Å². The van der Waals surface area contributed by atoms with Gasteiger partial charge in [0.1, 0.15) is 5.75 Å². The molecule has 33 heavy (non-hydrogen) atoms. The van der Waals surface area contributed by atoms with Gasteiger partial charge in [-0.2, -0.15) is 0 Å². The monoisotopic (exact) mass is 466 g/mol. The van der Waals surface area contributed by atoms with Crippen LogP contribution in [-0.4, -0.2) is 37.3 Å². The molecule has 174 valence electrons. The molecule has 1 aromatic heterocycles. The number of benzene rings is 2. The van der Waals surface area contributed by atoms with Crippen LogP contribution in [0.3, 0.4) is 0 Å². The average Bonchev–Trinajstić information content (AvgIpc) is 3.53. The Kier molecular flexibility index (Phi) is 7.52. The normalized spacial score (nSPS) is 13.2. The summed E-state index contributed by atoms with van der Waals surface area (Å²) in [6, 6.07) is 16.0. The molecule has 1 amide bonds. The summed E-state index contributed by atoms with van der Waals surface area (Å²) in [5, 5.41) is 5.02. The van der Waals surface area contributed by atoms with Gasteiger partial charge in [-0.3, -0.25) is 9.69 Å². The quantitative estimate of drug-likeness (QED) is 0.443. The highest BCUT2D eigenvalue weighted by atomic mass is 32.1. The van der Waals surface area contributed by atoms with E-state index in [0.29, 0.717) is 0 Å². The van der Waals surface area contributed by atoms with Crippen LogP contribution in [0.2, 0.25) is 0 Å². The van der Waals surface area contributed by atoms with E-state index in [1.165, 1.54) is 0 Å². The van der Waals surface area contributed by atoms with Crippen LogP contribution in [0.1, 0.15) is 37.3 Å². The Balaban J connectivity index is 1.50. The molecular weight excluding hydrogens is 436 g/mol. The molecule has 1 aliphatic rings. The number of carbonyl (C=O) groups excluding carboxylic acids is 1. The Morgan fingerprint density at radius 2 is 1.85 bits per heavy atom. The van der Waals surface area contributed by atoms with Gasteiger partial charge in [-0.05, 0) is 66.9 Å². The summed E-state index contributed by atoms with van der Waals surface area (Å²) < 4.78 is 17.0. The zero-order valence-electron chi connectivity index (χ0n) is 19.3. The fourth-order valence-corrected chi connectivity index (χ4v) is 4.56. The molecule has 0 aliphatic carbocycles. The second kappa shape index (κ2) is 10.7.